The number of nitrogens with zero attached hydrogens (tertiary/aromatic N) is 2. The van der Waals surface area contributed by atoms with Gasteiger partial charge in [0, 0.05) is 13.2 Å². The minimum atomic E-state index is 0.738. The molecule has 2 N–H and O–H groups in total. The average Bonchev–Trinajstić information content (AvgIpc) is 2.09. The van der Waals surface area contributed by atoms with Crippen LogP contribution in [-0.2, 0) is 0 Å². The number of aryl methyl sites for hydroxylation is 1. The Balaban J connectivity index is 0.000000561. The van der Waals surface area contributed by atoms with Crippen LogP contribution in [0.3, 0.4) is 0 Å². The van der Waals surface area contributed by atoms with Crippen molar-refractivity contribution in [3.63, 3.8) is 0 Å². The van der Waals surface area contributed by atoms with E-state index in [4.69, 9.17) is 0 Å². The molecule has 0 saturated heterocycles. The van der Waals surface area contributed by atoms with Gasteiger partial charge in [0.1, 0.15) is 0 Å². The van der Waals surface area contributed by atoms with E-state index in [1.54, 1.807) is 19.4 Å². The van der Waals surface area contributed by atoms with Gasteiger partial charge >= 0.3 is 0 Å². The van der Waals surface area contributed by atoms with Crippen molar-refractivity contribution in [2.75, 3.05) is 12.5 Å². The van der Waals surface area contributed by atoms with Crippen molar-refractivity contribution in [3.8, 4) is 0 Å². The summed E-state index contributed by atoms with van der Waals surface area (Å²) in [6.07, 6.45) is 3.37. The van der Waals surface area contributed by atoms with E-state index in [1.165, 1.54) is 0 Å². The van der Waals surface area contributed by atoms with Crippen molar-refractivity contribution in [3.05, 3.63) is 18.1 Å². The smallest absolute Gasteiger partial charge is 0.158 e. The average molecular weight is 168 g/mol. The van der Waals surface area contributed by atoms with Gasteiger partial charge in [-0.15, -0.1) is 0 Å². The molecular weight excluding hydrogens is 152 g/mol. The van der Waals surface area contributed by atoms with Gasteiger partial charge in [-0.2, -0.15) is 0 Å². The van der Waals surface area contributed by atoms with Crippen LogP contribution in [0.15, 0.2) is 12.4 Å². The molecule has 1 aromatic heterocycles. The van der Waals surface area contributed by atoms with Gasteiger partial charge in [0.15, 0.2) is 5.82 Å². The van der Waals surface area contributed by atoms with E-state index in [-0.39, 0.29) is 0 Å². The molecule has 0 fully saturated rings. The number of hydrogen-bond donors (Lipinski definition) is 2. The van der Waals surface area contributed by atoms with Crippen LogP contribution in [-0.4, -0.2) is 17.0 Å². The van der Waals surface area contributed by atoms with Gasteiger partial charge in [-0.1, -0.05) is 13.8 Å². The Morgan fingerprint density at radius 3 is 2.42 bits per heavy atom. The Labute approximate surface area is 73.4 Å². The first-order chi connectivity index (χ1) is 5.83. The van der Waals surface area contributed by atoms with Crippen LogP contribution in [0.4, 0.5) is 5.82 Å². The first kappa shape index (κ1) is 10.8. The lowest BCUT2D eigenvalue weighted by atomic mass is 10.5. The van der Waals surface area contributed by atoms with Gasteiger partial charge in [-0.05, 0) is 6.92 Å². The van der Waals surface area contributed by atoms with Crippen LogP contribution in [0.1, 0.15) is 19.5 Å². The normalized spacial score (nSPS) is 8.33. The molecule has 0 bridgehead atoms. The fraction of sp³-hybridized carbons (Fsp3) is 0.500. The molecule has 1 aromatic rings. The number of anilines is 1. The Bertz CT molecular complexity index is 212. The second-order valence-corrected chi connectivity index (χ2v) is 1.92. The molecule has 0 aliphatic carbocycles. The van der Waals surface area contributed by atoms with Gasteiger partial charge in [-0.25, -0.2) is 10.4 Å². The Morgan fingerprint density at radius 2 is 1.92 bits per heavy atom. The van der Waals surface area contributed by atoms with Crippen LogP contribution in [0.2, 0.25) is 0 Å². The van der Waals surface area contributed by atoms with E-state index < -0.39 is 0 Å². The summed E-state index contributed by atoms with van der Waals surface area (Å²) >= 11 is 0. The molecule has 1 heterocycles. The molecular formula is C8H16N4. The minimum absolute atomic E-state index is 0.738. The van der Waals surface area contributed by atoms with Crippen molar-refractivity contribution in [1.82, 2.24) is 15.4 Å². The summed E-state index contributed by atoms with van der Waals surface area (Å²) in [6.45, 7) is 5.90. The van der Waals surface area contributed by atoms with Gasteiger partial charge in [0.2, 0.25) is 0 Å². The van der Waals surface area contributed by atoms with Gasteiger partial charge in [0.25, 0.3) is 0 Å². The molecule has 0 atom stereocenters. The van der Waals surface area contributed by atoms with Crippen LogP contribution in [0, 0.1) is 6.92 Å². The van der Waals surface area contributed by atoms with Crippen LogP contribution >= 0.6 is 0 Å². The maximum atomic E-state index is 4.13. The van der Waals surface area contributed by atoms with Crippen LogP contribution in [0.25, 0.3) is 0 Å². The molecule has 68 valence electrons. The Hall–Kier alpha value is -1.16. The van der Waals surface area contributed by atoms with Gasteiger partial charge in [-0.3, -0.25) is 4.98 Å². The maximum absolute atomic E-state index is 4.13. The number of hydrazine groups is 1. The number of aromatic nitrogens is 2. The Kier molecular flexibility index (Phi) is 5.91. The minimum Gasteiger partial charge on any atom is -0.305 e. The standard InChI is InChI=1S/C6H10N4.C2H6/c1-5-3-8-4-6(9-5)10-7-2;1-2/h3-4,7H,1-2H3,(H,9,10);1-2H3. The van der Waals surface area contributed by atoms with Gasteiger partial charge in [0.05, 0.1) is 11.9 Å². The summed E-state index contributed by atoms with van der Waals surface area (Å²) in [5.41, 5.74) is 6.49. The van der Waals surface area contributed by atoms with Crippen LogP contribution < -0.4 is 10.9 Å². The maximum Gasteiger partial charge on any atom is 0.158 e. The van der Waals surface area contributed by atoms with E-state index in [9.17, 15) is 0 Å². The molecule has 0 aromatic carbocycles. The molecule has 0 unspecified atom stereocenters. The summed E-state index contributed by atoms with van der Waals surface area (Å²) in [6, 6.07) is 0. The van der Waals surface area contributed by atoms with Gasteiger partial charge < -0.3 is 5.43 Å². The highest BCUT2D eigenvalue weighted by Crippen LogP contribution is 1.97. The second kappa shape index (κ2) is 6.54. The molecule has 0 amide bonds. The van der Waals surface area contributed by atoms with E-state index >= 15 is 0 Å². The van der Waals surface area contributed by atoms with Crippen LogP contribution in [0.5, 0.6) is 0 Å². The highest BCUT2D eigenvalue weighted by Gasteiger charge is 1.89. The van der Waals surface area contributed by atoms with E-state index in [1.807, 2.05) is 20.8 Å². The fourth-order valence-electron chi connectivity index (χ4n) is 0.652. The summed E-state index contributed by atoms with van der Waals surface area (Å²) in [4.78, 5) is 8.06. The number of rotatable bonds is 2. The topological polar surface area (TPSA) is 49.8 Å². The van der Waals surface area contributed by atoms with E-state index in [2.05, 4.69) is 20.8 Å². The zero-order valence-electron chi connectivity index (χ0n) is 8.05. The lowest BCUT2D eigenvalue weighted by Gasteiger charge is -2.01. The molecule has 0 saturated carbocycles. The summed E-state index contributed by atoms with van der Waals surface area (Å²) in [5.74, 6) is 0.738. The third-order valence-corrected chi connectivity index (χ3v) is 1.01. The van der Waals surface area contributed by atoms with Crippen molar-refractivity contribution in [1.29, 1.82) is 0 Å². The molecule has 0 aliphatic heterocycles. The molecule has 1 rings (SSSR count). The first-order valence-electron chi connectivity index (χ1n) is 4.04. The quantitative estimate of drug-likeness (QED) is 0.655. The van der Waals surface area contributed by atoms with E-state index in [0.29, 0.717) is 0 Å². The number of nitrogens with one attached hydrogen (secondary N) is 2. The Morgan fingerprint density at radius 1 is 1.25 bits per heavy atom. The third-order valence-electron chi connectivity index (χ3n) is 1.01. The SMILES string of the molecule is CC.CNNc1cncc(C)n1. The molecule has 0 spiro atoms. The highest BCUT2D eigenvalue weighted by atomic mass is 15.4. The molecule has 4 heteroatoms. The predicted octanol–water partition coefficient (Wildman–Crippen LogP) is 1.36. The first-order valence-corrected chi connectivity index (χ1v) is 4.04. The van der Waals surface area contributed by atoms with Crippen molar-refractivity contribution in [2.24, 2.45) is 0 Å². The molecule has 4 nitrogen and oxygen atoms in total. The highest BCUT2D eigenvalue weighted by molar-refractivity contribution is 5.29. The zero-order valence-corrected chi connectivity index (χ0v) is 8.05. The number of hydrogen-bond acceptors (Lipinski definition) is 4. The summed E-state index contributed by atoms with van der Waals surface area (Å²) in [5, 5.41) is 0. The summed E-state index contributed by atoms with van der Waals surface area (Å²) < 4.78 is 0. The molecule has 0 radical (unpaired) electrons. The monoisotopic (exact) mass is 168 g/mol. The zero-order chi connectivity index (χ0) is 9.40. The third kappa shape index (κ3) is 3.88. The van der Waals surface area contributed by atoms with Crippen molar-refractivity contribution in [2.45, 2.75) is 20.8 Å². The van der Waals surface area contributed by atoms with E-state index in [0.717, 1.165) is 11.5 Å². The fourth-order valence-corrected chi connectivity index (χ4v) is 0.652. The predicted molar refractivity (Wildman–Crippen MR) is 50.8 cm³/mol. The summed E-state index contributed by atoms with van der Waals surface area (Å²) in [7, 11) is 1.78. The lowest BCUT2D eigenvalue weighted by Crippen LogP contribution is -2.16. The lowest BCUT2D eigenvalue weighted by molar-refractivity contribution is 0.949. The van der Waals surface area contributed by atoms with Crippen molar-refractivity contribution >= 4 is 5.82 Å². The second-order valence-electron chi connectivity index (χ2n) is 1.92. The van der Waals surface area contributed by atoms with Crippen molar-refractivity contribution < 1.29 is 0 Å². The molecule has 12 heavy (non-hydrogen) atoms. The molecule has 0 aliphatic rings. The largest absolute Gasteiger partial charge is 0.305 e.